The van der Waals surface area contributed by atoms with Crippen LogP contribution >= 0.6 is 23.2 Å². The third-order valence-corrected chi connectivity index (χ3v) is 8.36. The molecule has 4 aromatic rings. The van der Waals surface area contributed by atoms with Crippen LogP contribution in [0, 0.1) is 11.6 Å². The highest BCUT2D eigenvalue weighted by Crippen LogP contribution is 2.38. The van der Waals surface area contributed by atoms with E-state index in [0.29, 0.717) is 28.4 Å². The van der Waals surface area contributed by atoms with Crippen molar-refractivity contribution >= 4 is 33.0 Å². The second-order valence-corrected chi connectivity index (χ2v) is 11.8. The van der Waals surface area contributed by atoms with Gasteiger partial charge in [0.2, 0.25) is 15.0 Å². The van der Waals surface area contributed by atoms with E-state index < -0.39 is 49.5 Å². The van der Waals surface area contributed by atoms with Crippen molar-refractivity contribution in [3.63, 3.8) is 0 Å². The summed E-state index contributed by atoms with van der Waals surface area (Å²) in [5.41, 5.74) is -1.49. The summed E-state index contributed by atoms with van der Waals surface area (Å²) >= 11 is 12.3. The highest BCUT2D eigenvalue weighted by Gasteiger charge is 2.36. The Morgan fingerprint density at radius 1 is 0.895 bits per heavy atom. The van der Waals surface area contributed by atoms with Crippen LogP contribution in [0.15, 0.2) is 72.0 Å². The molecule has 12 heteroatoms. The predicted octanol–water partition coefficient (Wildman–Crippen LogP) is 7.78. The van der Waals surface area contributed by atoms with Gasteiger partial charge in [-0.25, -0.2) is 22.2 Å². The van der Waals surface area contributed by atoms with Crippen LogP contribution in [0.2, 0.25) is 10.0 Å². The largest absolute Gasteiger partial charge is 0.419 e. The smallest absolute Gasteiger partial charge is 0.287 e. The molecule has 0 atom stereocenters. The molecule has 0 saturated heterocycles. The molecular formula is C26H19Cl2F5N2O2S. The molecule has 38 heavy (non-hydrogen) atoms. The molecule has 1 heterocycles. The number of hydrogen-bond donors (Lipinski definition) is 0. The van der Waals surface area contributed by atoms with Gasteiger partial charge in [-0.05, 0) is 59.7 Å². The molecule has 4 nitrogen and oxygen atoms in total. The van der Waals surface area contributed by atoms with E-state index in [1.165, 1.54) is 22.9 Å². The third kappa shape index (κ3) is 5.43. The Morgan fingerprint density at radius 2 is 1.55 bits per heavy atom. The Kier molecular flexibility index (Phi) is 7.37. The molecule has 4 rings (SSSR count). The number of benzene rings is 3. The first-order chi connectivity index (χ1) is 17.6. The van der Waals surface area contributed by atoms with E-state index in [9.17, 15) is 30.4 Å². The van der Waals surface area contributed by atoms with Gasteiger partial charge in [0, 0.05) is 11.1 Å². The van der Waals surface area contributed by atoms with Gasteiger partial charge in [0.05, 0.1) is 33.3 Å². The highest BCUT2D eigenvalue weighted by atomic mass is 35.5. The molecule has 0 bridgehead atoms. The minimum Gasteiger partial charge on any atom is -0.287 e. The molecule has 200 valence electrons. The molecule has 0 aliphatic carbocycles. The molecule has 0 aliphatic heterocycles. The fourth-order valence-electron chi connectivity index (χ4n) is 4.03. The van der Waals surface area contributed by atoms with E-state index in [0.717, 1.165) is 18.2 Å². The second-order valence-electron chi connectivity index (χ2n) is 9.06. The summed E-state index contributed by atoms with van der Waals surface area (Å²) in [6.07, 6.45) is -3.68. The summed E-state index contributed by atoms with van der Waals surface area (Å²) < 4.78 is 95.4. The van der Waals surface area contributed by atoms with Crippen LogP contribution in [0.1, 0.15) is 36.2 Å². The van der Waals surface area contributed by atoms with Gasteiger partial charge in [0.25, 0.3) is 0 Å². The number of nitrogens with zero attached hydrogens (tertiary/aromatic N) is 2. The average molecular weight is 589 g/mol. The fourth-order valence-corrected chi connectivity index (χ4v) is 5.77. The van der Waals surface area contributed by atoms with Crippen molar-refractivity contribution in [1.29, 1.82) is 0 Å². The Labute approximate surface area is 225 Å². The maximum absolute atomic E-state index is 13.8. The first-order valence-corrected chi connectivity index (χ1v) is 13.4. The Morgan fingerprint density at radius 3 is 2.16 bits per heavy atom. The van der Waals surface area contributed by atoms with Gasteiger partial charge >= 0.3 is 6.18 Å². The van der Waals surface area contributed by atoms with Gasteiger partial charge in [-0.2, -0.15) is 13.2 Å². The molecule has 0 radical (unpaired) electrons. The molecular weight excluding hydrogens is 570 g/mol. The monoisotopic (exact) mass is 588 g/mol. The van der Waals surface area contributed by atoms with Crippen LogP contribution in [0.3, 0.4) is 0 Å². The number of aromatic nitrogens is 2. The summed E-state index contributed by atoms with van der Waals surface area (Å²) in [6.45, 7) is 3.57. The molecule has 0 amide bonds. The van der Waals surface area contributed by atoms with Gasteiger partial charge in [-0.3, -0.25) is 4.57 Å². The van der Waals surface area contributed by atoms with Crippen molar-refractivity contribution in [3.8, 4) is 5.69 Å². The molecule has 0 fully saturated rings. The third-order valence-electron chi connectivity index (χ3n) is 6.07. The van der Waals surface area contributed by atoms with Crippen molar-refractivity contribution in [2.45, 2.75) is 36.3 Å². The maximum atomic E-state index is 13.8. The first kappa shape index (κ1) is 28.1. The second kappa shape index (κ2) is 9.98. The van der Waals surface area contributed by atoms with Crippen molar-refractivity contribution in [2.75, 3.05) is 0 Å². The number of sulfone groups is 1. The molecule has 1 aromatic heterocycles. The first-order valence-electron chi connectivity index (χ1n) is 11.0. The molecule has 3 aromatic carbocycles. The maximum Gasteiger partial charge on any atom is 0.419 e. The molecule has 0 N–H and O–H groups in total. The summed E-state index contributed by atoms with van der Waals surface area (Å²) in [5.74, 6) is -2.96. The normalized spacial score (nSPS) is 12.7. The zero-order valence-electron chi connectivity index (χ0n) is 19.8. The van der Waals surface area contributed by atoms with Crippen molar-refractivity contribution in [3.05, 3.63) is 111 Å². The lowest BCUT2D eigenvalue weighted by Crippen LogP contribution is -2.24. The summed E-state index contributed by atoms with van der Waals surface area (Å²) in [6, 6.07) is 11.9. The molecule has 0 unspecified atom stereocenters. The zero-order valence-corrected chi connectivity index (χ0v) is 22.2. The van der Waals surface area contributed by atoms with Crippen molar-refractivity contribution in [1.82, 2.24) is 9.55 Å². The van der Waals surface area contributed by atoms with E-state index >= 15 is 0 Å². The Hall–Kier alpha value is -2.95. The van der Waals surface area contributed by atoms with Gasteiger partial charge in [0.1, 0.15) is 11.6 Å². The van der Waals surface area contributed by atoms with Crippen LogP contribution in [0.4, 0.5) is 22.0 Å². The van der Waals surface area contributed by atoms with Crippen LogP contribution < -0.4 is 0 Å². The van der Waals surface area contributed by atoms with Crippen LogP contribution in [0.5, 0.6) is 0 Å². The predicted molar refractivity (Wildman–Crippen MR) is 134 cm³/mol. The topological polar surface area (TPSA) is 52.0 Å². The van der Waals surface area contributed by atoms with E-state index in [4.69, 9.17) is 23.2 Å². The molecule has 0 aliphatic rings. The zero-order chi connectivity index (χ0) is 28.0. The minimum atomic E-state index is -5.01. The minimum absolute atomic E-state index is 0.251. The highest BCUT2D eigenvalue weighted by molar-refractivity contribution is 7.90. The van der Waals surface area contributed by atoms with E-state index in [2.05, 4.69) is 4.98 Å². The molecule has 0 saturated carbocycles. The summed E-state index contributed by atoms with van der Waals surface area (Å²) in [7, 11) is -4.39. The quantitative estimate of drug-likeness (QED) is 0.216. The van der Waals surface area contributed by atoms with E-state index in [1.807, 2.05) is 0 Å². The van der Waals surface area contributed by atoms with Crippen LogP contribution in [-0.2, 0) is 27.2 Å². The Balaban J connectivity index is 1.88. The SMILES string of the molecule is CC(C)(c1ccc(Cl)c(Cl)c1)c1cnc(S(=O)(=O)Cc2ccc(F)c(C(F)(F)F)c2)n1-c1ccc(F)cc1. The van der Waals surface area contributed by atoms with Crippen molar-refractivity contribution in [2.24, 2.45) is 0 Å². The van der Waals surface area contributed by atoms with Crippen molar-refractivity contribution < 1.29 is 30.4 Å². The lowest BCUT2D eigenvalue weighted by atomic mass is 9.81. The summed E-state index contributed by atoms with van der Waals surface area (Å²) in [4.78, 5) is 4.13. The number of hydrogen-bond acceptors (Lipinski definition) is 3. The molecule has 0 spiro atoms. The lowest BCUT2D eigenvalue weighted by molar-refractivity contribution is -0.140. The van der Waals surface area contributed by atoms with E-state index in [-0.39, 0.29) is 16.3 Å². The van der Waals surface area contributed by atoms with Crippen LogP contribution in [-0.4, -0.2) is 18.0 Å². The number of alkyl halides is 3. The Bertz CT molecular complexity index is 1620. The lowest BCUT2D eigenvalue weighted by Gasteiger charge is -2.28. The number of rotatable bonds is 6. The van der Waals surface area contributed by atoms with E-state index in [1.54, 1.807) is 32.0 Å². The van der Waals surface area contributed by atoms with Gasteiger partial charge < -0.3 is 0 Å². The number of halogens is 7. The van der Waals surface area contributed by atoms with Gasteiger partial charge in [-0.15, -0.1) is 0 Å². The standard InChI is InChI=1S/C26H19Cl2F5N2O2S/c1-25(2,16-4-9-20(27)21(28)12-16)23-13-34-24(35(23)18-7-5-17(29)6-8-18)38(36,37)14-15-3-10-22(30)19(11-15)26(31,32)33/h3-13H,14H2,1-2H3. The fraction of sp³-hybridized carbons (Fsp3) is 0.192. The summed E-state index contributed by atoms with van der Waals surface area (Å²) in [5, 5.41) is 0.110. The van der Waals surface area contributed by atoms with Crippen LogP contribution in [0.25, 0.3) is 5.69 Å². The number of imidazole rings is 1. The average Bonchev–Trinajstić information content (AvgIpc) is 3.29. The van der Waals surface area contributed by atoms with Gasteiger partial charge in [0.15, 0.2) is 0 Å². The van der Waals surface area contributed by atoms with Gasteiger partial charge in [-0.1, -0.05) is 49.2 Å².